The average molecular weight is 396 g/mol. The van der Waals surface area contributed by atoms with Crippen molar-refractivity contribution in [2.75, 3.05) is 34.4 Å². The molecular weight excluding hydrogens is 368 g/mol. The molecule has 1 fully saturated rings. The molecule has 1 aliphatic carbocycles. The van der Waals surface area contributed by atoms with Gasteiger partial charge in [-0.15, -0.1) is 0 Å². The van der Waals surface area contributed by atoms with E-state index in [1.807, 2.05) is 6.07 Å². The van der Waals surface area contributed by atoms with Crippen LogP contribution >= 0.6 is 0 Å². The summed E-state index contributed by atoms with van der Waals surface area (Å²) in [6, 6.07) is 4.42. The number of nitrogens with zero attached hydrogens (tertiary/aromatic N) is 1. The van der Waals surface area contributed by atoms with Crippen LogP contribution in [0.25, 0.3) is 10.9 Å². The van der Waals surface area contributed by atoms with Crippen LogP contribution in [0.1, 0.15) is 36.6 Å². The minimum Gasteiger partial charge on any atom is -0.493 e. The Balaban J connectivity index is 1.55. The number of carbonyl (C=O) groups excluding carboxylic acids is 1. The molecule has 0 saturated carbocycles. The SMILES string of the molecule is COC(=O)C1=CCCC2CN3CCc4c([nH]c5cc(OC)c(OC)cc45)C3CC12. The summed E-state index contributed by atoms with van der Waals surface area (Å²) >= 11 is 0. The van der Waals surface area contributed by atoms with E-state index in [1.165, 1.54) is 23.8 Å². The number of hydrogen-bond donors (Lipinski definition) is 1. The quantitative estimate of drug-likeness (QED) is 0.803. The van der Waals surface area contributed by atoms with E-state index in [9.17, 15) is 4.79 Å². The summed E-state index contributed by atoms with van der Waals surface area (Å²) in [5, 5.41) is 1.21. The van der Waals surface area contributed by atoms with Crippen LogP contribution in [0.15, 0.2) is 23.8 Å². The van der Waals surface area contributed by atoms with Gasteiger partial charge in [0.1, 0.15) is 0 Å². The van der Waals surface area contributed by atoms with Crippen LogP contribution in [0, 0.1) is 11.8 Å². The summed E-state index contributed by atoms with van der Waals surface area (Å²) in [5.41, 5.74) is 4.63. The Morgan fingerprint density at radius 1 is 1.17 bits per heavy atom. The summed E-state index contributed by atoms with van der Waals surface area (Å²) in [5.74, 6) is 2.16. The minimum atomic E-state index is -0.157. The number of methoxy groups -OCH3 is 3. The lowest BCUT2D eigenvalue weighted by Gasteiger charge is -2.47. The van der Waals surface area contributed by atoms with Gasteiger partial charge in [-0.2, -0.15) is 0 Å². The van der Waals surface area contributed by atoms with Gasteiger partial charge in [-0.3, -0.25) is 4.90 Å². The molecule has 0 amide bonds. The maximum absolute atomic E-state index is 12.4. The van der Waals surface area contributed by atoms with Gasteiger partial charge in [-0.05, 0) is 49.1 Å². The van der Waals surface area contributed by atoms with Crippen LogP contribution in [0.2, 0.25) is 0 Å². The number of aromatic nitrogens is 1. The lowest BCUT2D eigenvalue weighted by molar-refractivity contribution is -0.137. The zero-order chi connectivity index (χ0) is 20.1. The van der Waals surface area contributed by atoms with Crippen molar-refractivity contribution >= 4 is 16.9 Å². The summed E-state index contributed by atoms with van der Waals surface area (Å²) in [7, 11) is 4.83. The van der Waals surface area contributed by atoms with Crippen LogP contribution in [0.4, 0.5) is 0 Å². The largest absolute Gasteiger partial charge is 0.493 e. The maximum atomic E-state index is 12.4. The minimum absolute atomic E-state index is 0.157. The fraction of sp³-hybridized carbons (Fsp3) is 0.522. The molecule has 0 bridgehead atoms. The normalized spacial score (nSPS) is 26.2. The Kier molecular flexibility index (Phi) is 4.54. The van der Waals surface area contributed by atoms with E-state index in [4.69, 9.17) is 14.2 Å². The van der Waals surface area contributed by atoms with Crippen LogP contribution < -0.4 is 9.47 Å². The van der Waals surface area contributed by atoms with Gasteiger partial charge in [-0.25, -0.2) is 4.79 Å². The van der Waals surface area contributed by atoms with Crippen LogP contribution in [-0.2, 0) is 16.0 Å². The Hall–Kier alpha value is -2.47. The van der Waals surface area contributed by atoms with Gasteiger partial charge >= 0.3 is 5.97 Å². The maximum Gasteiger partial charge on any atom is 0.333 e. The number of rotatable bonds is 3. The molecule has 2 aromatic rings. The molecule has 6 nitrogen and oxygen atoms in total. The molecule has 2 aliphatic heterocycles. The molecule has 5 rings (SSSR count). The first-order valence-electron chi connectivity index (χ1n) is 10.4. The summed E-state index contributed by atoms with van der Waals surface area (Å²) in [4.78, 5) is 18.7. The summed E-state index contributed by atoms with van der Waals surface area (Å²) in [6.07, 6.45) is 6.22. The first-order chi connectivity index (χ1) is 14.1. The summed E-state index contributed by atoms with van der Waals surface area (Å²) < 4.78 is 16.1. The first-order valence-corrected chi connectivity index (χ1v) is 10.4. The Morgan fingerprint density at radius 2 is 1.97 bits per heavy atom. The average Bonchev–Trinajstić information content (AvgIpc) is 3.13. The van der Waals surface area contributed by atoms with Gasteiger partial charge < -0.3 is 19.2 Å². The molecule has 1 saturated heterocycles. The van der Waals surface area contributed by atoms with Crippen molar-refractivity contribution in [3.05, 3.63) is 35.0 Å². The van der Waals surface area contributed by atoms with Gasteiger partial charge in [0.25, 0.3) is 0 Å². The second-order valence-corrected chi connectivity index (χ2v) is 8.36. The van der Waals surface area contributed by atoms with Crippen molar-refractivity contribution < 1.29 is 19.0 Å². The van der Waals surface area contributed by atoms with Gasteiger partial charge in [0.2, 0.25) is 0 Å². The van der Waals surface area contributed by atoms with E-state index >= 15 is 0 Å². The zero-order valence-corrected chi connectivity index (χ0v) is 17.3. The highest BCUT2D eigenvalue weighted by Crippen LogP contribution is 2.48. The molecular formula is C23H28N2O4. The highest BCUT2D eigenvalue weighted by Gasteiger charge is 2.43. The Morgan fingerprint density at radius 3 is 2.72 bits per heavy atom. The Bertz CT molecular complexity index is 992. The molecule has 3 unspecified atom stereocenters. The fourth-order valence-corrected chi connectivity index (χ4v) is 5.72. The van der Waals surface area contributed by atoms with Crippen LogP contribution in [0.5, 0.6) is 11.5 Å². The van der Waals surface area contributed by atoms with Crippen molar-refractivity contribution in [2.24, 2.45) is 11.8 Å². The number of H-pyrrole nitrogens is 1. The Labute approximate surface area is 170 Å². The third kappa shape index (κ3) is 2.84. The zero-order valence-electron chi connectivity index (χ0n) is 17.3. The molecule has 1 N–H and O–H groups in total. The number of fused-ring (bicyclic) bond motifs is 6. The lowest BCUT2D eigenvalue weighted by Crippen LogP contribution is -2.47. The predicted molar refractivity (Wildman–Crippen MR) is 110 cm³/mol. The number of carbonyl (C=O) groups is 1. The first kappa shape index (κ1) is 18.6. The molecule has 0 radical (unpaired) electrons. The van der Waals surface area contributed by atoms with Crippen LogP contribution in [0.3, 0.4) is 0 Å². The number of benzene rings is 1. The van der Waals surface area contributed by atoms with E-state index in [2.05, 4.69) is 22.0 Å². The third-order valence-corrected chi connectivity index (χ3v) is 7.10. The summed E-state index contributed by atoms with van der Waals surface area (Å²) in [6.45, 7) is 2.10. The number of ether oxygens (including phenoxy) is 3. The van der Waals surface area contributed by atoms with E-state index < -0.39 is 0 Å². The van der Waals surface area contributed by atoms with Gasteiger partial charge in [0, 0.05) is 41.3 Å². The highest BCUT2D eigenvalue weighted by molar-refractivity contribution is 5.90. The molecule has 6 heteroatoms. The molecule has 154 valence electrons. The van der Waals surface area contributed by atoms with Crippen molar-refractivity contribution in [2.45, 2.75) is 31.7 Å². The van der Waals surface area contributed by atoms with Gasteiger partial charge in [0.05, 0.1) is 27.4 Å². The number of hydrogen-bond acceptors (Lipinski definition) is 5. The molecule has 3 heterocycles. The number of piperidine rings is 1. The van der Waals surface area contributed by atoms with Crippen molar-refractivity contribution in [1.29, 1.82) is 0 Å². The van der Waals surface area contributed by atoms with Crippen molar-refractivity contribution in [1.82, 2.24) is 9.88 Å². The highest BCUT2D eigenvalue weighted by atomic mass is 16.5. The smallest absolute Gasteiger partial charge is 0.333 e. The van der Waals surface area contributed by atoms with E-state index in [-0.39, 0.29) is 11.9 Å². The van der Waals surface area contributed by atoms with Gasteiger partial charge in [-0.1, -0.05) is 6.08 Å². The predicted octanol–water partition coefficient (Wildman–Crippen LogP) is 3.61. The number of aromatic amines is 1. The molecule has 1 aromatic carbocycles. The number of nitrogens with one attached hydrogen (secondary N) is 1. The topological polar surface area (TPSA) is 63.8 Å². The second kappa shape index (κ2) is 7.10. The van der Waals surface area contributed by atoms with Gasteiger partial charge in [0.15, 0.2) is 11.5 Å². The molecule has 3 aliphatic rings. The molecule has 3 atom stereocenters. The van der Waals surface area contributed by atoms with E-state index in [0.717, 1.165) is 61.4 Å². The van der Waals surface area contributed by atoms with E-state index in [1.54, 1.807) is 14.2 Å². The van der Waals surface area contributed by atoms with E-state index in [0.29, 0.717) is 12.0 Å². The van der Waals surface area contributed by atoms with Crippen molar-refractivity contribution in [3.63, 3.8) is 0 Å². The number of allylic oxidation sites excluding steroid dienone is 1. The third-order valence-electron chi connectivity index (χ3n) is 7.10. The lowest BCUT2D eigenvalue weighted by atomic mass is 9.70. The molecule has 1 aromatic heterocycles. The monoisotopic (exact) mass is 396 g/mol. The van der Waals surface area contributed by atoms with Crippen LogP contribution in [-0.4, -0.2) is 50.3 Å². The molecule has 29 heavy (non-hydrogen) atoms. The standard InChI is InChI=1S/C23H28N2O4/c1-27-20-10-17-14-7-8-25-12-13-5-4-6-15(23(26)29-3)16(13)9-19(25)22(14)24-18(17)11-21(20)28-2/h6,10-11,13,16,19,24H,4-5,7-9,12H2,1-3H3. The second-order valence-electron chi connectivity index (χ2n) is 8.36. The number of esters is 1. The fourth-order valence-electron chi connectivity index (χ4n) is 5.72. The molecule has 0 spiro atoms. The van der Waals surface area contributed by atoms with Crippen molar-refractivity contribution in [3.8, 4) is 11.5 Å².